The molecule has 0 unspecified atom stereocenters. The van der Waals surface area contributed by atoms with Crippen molar-refractivity contribution < 1.29 is 14.3 Å². The molecule has 5 heteroatoms. The maximum atomic E-state index is 11.1. The van der Waals surface area contributed by atoms with Crippen LogP contribution in [0.4, 0.5) is 0 Å². The summed E-state index contributed by atoms with van der Waals surface area (Å²) in [4.78, 5) is 15.1. The zero-order chi connectivity index (χ0) is 11.8. The van der Waals surface area contributed by atoms with Crippen LogP contribution < -0.4 is 0 Å². The van der Waals surface area contributed by atoms with Gasteiger partial charge in [-0.25, -0.2) is 9.78 Å². The highest BCUT2D eigenvalue weighted by Crippen LogP contribution is 2.23. The summed E-state index contributed by atoms with van der Waals surface area (Å²) in [7, 11) is 0. The lowest BCUT2D eigenvalue weighted by Gasteiger charge is -1.97. The number of hydrogen-bond donors (Lipinski definition) is 1. The van der Waals surface area contributed by atoms with Gasteiger partial charge in [-0.1, -0.05) is 18.2 Å². The number of carboxylic acid groups (broad SMARTS) is 1. The predicted octanol–water partition coefficient (Wildman–Crippen LogP) is 2.32. The van der Waals surface area contributed by atoms with E-state index >= 15 is 0 Å². The van der Waals surface area contributed by atoms with Crippen molar-refractivity contribution in [3.63, 3.8) is 0 Å². The largest absolute Gasteiger partial charge is 0.478 e. The summed E-state index contributed by atoms with van der Waals surface area (Å²) < 4.78 is 6.80. The summed E-state index contributed by atoms with van der Waals surface area (Å²) in [5.41, 5.74) is 0.992. The molecule has 0 fully saturated rings. The lowest BCUT2D eigenvalue weighted by Crippen LogP contribution is -1.95. The number of carbonyl (C=O) groups is 1. The lowest BCUT2D eigenvalue weighted by atomic mass is 10.2. The van der Waals surface area contributed by atoms with Gasteiger partial charge in [0.25, 0.3) is 0 Å². The highest BCUT2D eigenvalue weighted by Gasteiger charge is 2.15. The zero-order valence-electron chi connectivity index (χ0n) is 8.70. The first kappa shape index (κ1) is 9.65. The standard InChI is InChI=1S/C12H8N2O3/c15-11(16)9-7-14(12-13-5-6-17-12)10-4-2-1-3-8(9)10/h1-7H,(H,15,16). The van der Waals surface area contributed by atoms with Crippen LogP contribution in [0.25, 0.3) is 16.9 Å². The third-order valence-electron chi connectivity index (χ3n) is 2.57. The van der Waals surface area contributed by atoms with Gasteiger partial charge in [0.1, 0.15) is 6.26 Å². The second kappa shape index (κ2) is 3.48. The van der Waals surface area contributed by atoms with Crippen molar-refractivity contribution in [2.45, 2.75) is 0 Å². The van der Waals surface area contributed by atoms with Gasteiger partial charge in [0, 0.05) is 11.6 Å². The fourth-order valence-corrected chi connectivity index (χ4v) is 1.84. The quantitative estimate of drug-likeness (QED) is 0.730. The Morgan fingerprint density at radius 3 is 2.88 bits per heavy atom. The smallest absolute Gasteiger partial charge is 0.337 e. The third-order valence-corrected chi connectivity index (χ3v) is 2.57. The summed E-state index contributed by atoms with van der Waals surface area (Å²) in [6.45, 7) is 0. The number of aromatic nitrogens is 2. The van der Waals surface area contributed by atoms with E-state index in [1.807, 2.05) is 12.1 Å². The van der Waals surface area contributed by atoms with Crippen molar-refractivity contribution in [1.82, 2.24) is 9.55 Å². The van der Waals surface area contributed by atoms with E-state index in [9.17, 15) is 4.79 Å². The first-order valence-electron chi connectivity index (χ1n) is 5.00. The Balaban J connectivity index is 2.37. The molecule has 5 nitrogen and oxygen atoms in total. The molecule has 0 saturated heterocycles. The second-order valence-corrected chi connectivity index (χ2v) is 3.55. The first-order valence-corrected chi connectivity index (χ1v) is 5.00. The molecule has 0 bridgehead atoms. The summed E-state index contributed by atoms with van der Waals surface area (Å²) >= 11 is 0. The van der Waals surface area contributed by atoms with E-state index in [0.29, 0.717) is 11.4 Å². The highest BCUT2D eigenvalue weighted by molar-refractivity contribution is 6.03. The monoisotopic (exact) mass is 228 g/mol. The van der Waals surface area contributed by atoms with Crippen LogP contribution in [0.3, 0.4) is 0 Å². The number of rotatable bonds is 2. The van der Waals surface area contributed by atoms with Gasteiger partial charge < -0.3 is 9.52 Å². The van der Waals surface area contributed by atoms with Crippen LogP contribution in [0.2, 0.25) is 0 Å². The molecular formula is C12H8N2O3. The SMILES string of the molecule is O=C(O)c1cn(-c2ncco2)c2ccccc12. The van der Waals surface area contributed by atoms with E-state index in [-0.39, 0.29) is 5.56 Å². The summed E-state index contributed by atoms with van der Waals surface area (Å²) in [5.74, 6) is -0.966. The van der Waals surface area contributed by atoms with E-state index in [4.69, 9.17) is 9.52 Å². The minimum Gasteiger partial charge on any atom is -0.478 e. The number of hydrogen-bond acceptors (Lipinski definition) is 3. The van der Waals surface area contributed by atoms with E-state index in [1.54, 1.807) is 16.7 Å². The van der Waals surface area contributed by atoms with Crippen molar-refractivity contribution >= 4 is 16.9 Å². The van der Waals surface area contributed by atoms with Crippen LogP contribution in [0.5, 0.6) is 0 Å². The maximum Gasteiger partial charge on any atom is 0.337 e. The Kier molecular flexibility index (Phi) is 1.98. The van der Waals surface area contributed by atoms with Crippen molar-refractivity contribution in [3.05, 3.63) is 48.5 Å². The molecule has 1 N–H and O–H groups in total. The molecular weight excluding hydrogens is 220 g/mol. The summed E-state index contributed by atoms with van der Waals surface area (Å²) in [6.07, 6.45) is 4.48. The van der Waals surface area contributed by atoms with Crippen LogP contribution in [-0.2, 0) is 0 Å². The van der Waals surface area contributed by atoms with Gasteiger partial charge in [-0.3, -0.25) is 4.57 Å². The number of carboxylic acids is 1. The molecule has 0 saturated carbocycles. The Morgan fingerprint density at radius 1 is 1.35 bits per heavy atom. The van der Waals surface area contributed by atoms with Crippen LogP contribution in [-0.4, -0.2) is 20.6 Å². The zero-order valence-corrected chi connectivity index (χ0v) is 8.70. The maximum absolute atomic E-state index is 11.1. The fourth-order valence-electron chi connectivity index (χ4n) is 1.84. The van der Waals surface area contributed by atoms with Crippen molar-refractivity contribution in [1.29, 1.82) is 0 Å². The molecule has 0 atom stereocenters. The second-order valence-electron chi connectivity index (χ2n) is 3.55. The molecule has 2 aromatic heterocycles. The normalized spacial score (nSPS) is 10.8. The Hall–Kier alpha value is -2.56. The summed E-state index contributed by atoms with van der Waals surface area (Å²) in [5, 5.41) is 9.79. The number of aromatic carboxylic acids is 1. The van der Waals surface area contributed by atoms with Crippen LogP contribution in [0, 0.1) is 0 Å². The first-order chi connectivity index (χ1) is 8.27. The minimum atomic E-state index is -0.966. The Bertz CT molecular complexity index is 683. The molecule has 0 aliphatic rings. The number of nitrogens with zero attached hydrogens (tertiary/aromatic N) is 2. The molecule has 3 rings (SSSR count). The number of oxazole rings is 1. The molecule has 0 aliphatic heterocycles. The molecule has 0 amide bonds. The number of fused-ring (bicyclic) bond motifs is 1. The Labute approximate surface area is 95.9 Å². The fraction of sp³-hybridized carbons (Fsp3) is 0. The van der Waals surface area contributed by atoms with Gasteiger partial charge in [0.15, 0.2) is 0 Å². The number of benzene rings is 1. The summed E-state index contributed by atoms with van der Waals surface area (Å²) in [6, 6.07) is 7.58. The molecule has 0 aliphatic carbocycles. The predicted molar refractivity (Wildman–Crippen MR) is 60.3 cm³/mol. The lowest BCUT2D eigenvalue weighted by molar-refractivity contribution is 0.0699. The van der Waals surface area contributed by atoms with E-state index in [0.717, 1.165) is 5.52 Å². The van der Waals surface area contributed by atoms with Gasteiger partial charge in [-0.05, 0) is 6.07 Å². The molecule has 1 aromatic carbocycles. The van der Waals surface area contributed by atoms with Gasteiger partial charge >= 0.3 is 12.0 Å². The molecule has 17 heavy (non-hydrogen) atoms. The molecule has 0 radical (unpaired) electrons. The molecule has 0 spiro atoms. The van der Waals surface area contributed by atoms with Gasteiger partial charge in [-0.2, -0.15) is 0 Å². The Morgan fingerprint density at radius 2 is 2.18 bits per heavy atom. The topological polar surface area (TPSA) is 68.3 Å². The van der Waals surface area contributed by atoms with Gasteiger partial charge in [0.2, 0.25) is 0 Å². The highest BCUT2D eigenvalue weighted by atomic mass is 16.4. The van der Waals surface area contributed by atoms with Crippen molar-refractivity contribution in [2.24, 2.45) is 0 Å². The average Bonchev–Trinajstić information content (AvgIpc) is 2.95. The molecule has 2 heterocycles. The molecule has 3 aromatic rings. The third kappa shape index (κ3) is 1.40. The van der Waals surface area contributed by atoms with Crippen LogP contribution >= 0.6 is 0 Å². The minimum absolute atomic E-state index is 0.235. The van der Waals surface area contributed by atoms with E-state index in [1.165, 1.54) is 18.7 Å². The van der Waals surface area contributed by atoms with Gasteiger partial charge in [-0.15, -0.1) is 0 Å². The van der Waals surface area contributed by atoms with Crippen molar-refractivity contribution in [3.8, 4) is 6.01 Å². The van der Waals surface area contributed by atoms with E-state index < -0.39 is 5.97 Å². The number of para-hydroxylation sites is 1. The molecule has 84 valence electrons. The van der Waals surface area contributed by atoms with Crippen LogP contribution in [0.15, 0.2) is 47.3 Å². The van der Waals surface area contributed by atoms with E-state index in [2.05, 4.69) is 4.98 Å². The van der Waals surface area contributed by atoms with Crippen LogP contribution in [0.1, 0.15) is 10.4 Å². The van der Waals surface area contributed by atoms with Gasteiger partial charge in [0.05, 0.1) is 17.3 Å². The average molecular weight is 228 g/mol. The van der Waals surface area contributed by atoms with Crippen molar-refractivity contribution in [2.75, 3.05) is 0 Å².